The van der Waals surface area contributed by atoms with Crippen LogP contribution in [-0.4, -0.2) is 37.0 Å². The van der Waals surface area contributed by atoms with E-state index in [0.717, 1.165) is 56.7 Å². The van der Waals surface area contributed by atoms with Crippen LogP contribution >= 0.6 is 15.9 Å². The zero-order valence-corrected chi connectivity index (χ0v) is 17.4. The van der Waals surface area contributed by atoms with E-state index in [0.29, 0.717) is 25.5 Å². The molecule has 0 spiro atoms. The zero-order chi connectivity index (χ0) is 18.8. The lowest BCUT2D eigenvalue weighted by Gasteiger charge is -2.10. The summed E-state index contributed by atoms with van der Waals surface area (Å²) in [7, 11) is 0. The Bertz CT molecular complexity index is 386. The van der Waals surface area contributed by atoms with Crippen LogP contribution in [-0.2, 0) is 19.1 Å². The van der Waals surface area contributed by atoms with Gasteiger partial charge >= 0.3 is 11.9 Å². The molecule has 0 aromatic carbocycles. The second-order valence-electron chi connectivity index (χ2n) is 5.97. The summed E-state index contributed by atoms with van der Waals surface area (Å²) in [4.78, 5) is 23.8. The molecule has 0 aliphatic rings. The third-order valence-electron chi connectivity index (χ3n) is 3.58. The van der Waals surface area contributed by atoms with Crippen molar-refractivity contribution in [3.63, 3.8) is 0 Å². The van der Waals surface area contributed by atoms with Crippen LogP contribution in [0.5, 0.6) is 0 Å². The number of nitrogens with one attached hydrogen (secondary N) is 1. The summed E-state index contributed by atoms with van der Waals surface area (Å²) in [6.07, 6.45) is 9.91. The Morgan fingerprint density at radius 3 is 2.08 bits per heavy atom. The summed E-state index contributed by atoms with van der Waals surface area (Å²) in [6, 6.07) is 0. The summed E-state index contributed by atoms with van der Waals surface area (Å²) >= 11 is 3.32. The summed E-state index contributed by atoms with van der Waals surface area (Å²) in [5.74, 6) is -0.732. The lowest BCUT2D eigenvalue weighted by molar-refractivity contribution is -0.143. The van der Waals surface area contributed by atoms with Crippen LogP contribution in [0.25, 0.3) is 0 Å². The molecule has 5 nitrogen and oxygen atoms in total. The number of carbonyl (C=O) groups is 2. The van der Waals surface area contributed by atoms with Crippen molar-refractivity contribution in [2.75, 3.05) is 25.1 Å². The largest absolute Gasteiger partial charge is 0.465 e. The number of alkyl halides is 1. The predicted molar refractivity (Wildman–Crippen MR) is 105 cm³/mol. The van der Waals surface area contributed by atoms with Crippen LogP contribution in [0.3, 0.4) is 0 Å². The average Bonchev–Trinajstić information content (AvgIpc) is 2.59. The SMILES string of the molecule is CCCCCCOC(=O)/C=C(/CC(=O)OCCCCCC)NCCBr. The molecule has 0 amide bonds. The Hall–Kier alpha value is -1.04. The van der Waals surface area contributed by atoms with Gasteiger partial charge < -0.3 is 14.8 Å². The third kappa shape index (κ3) is 16.2. The van der Waals surface area contributed by atoms with Crippen LogP contribution < -0.4 is 5.32 Å². The van der Waals surface area contributed by atoms with E-state index in [1.165, 1.54) is 6.08 Å². The van der Waals surface area contributed by atoms with E-state index in [1.54, 1.807) is 0 Å². The highest BCUT2D eigenvalue weighted by molar-refractivity contribution is 9.09. The van der Waals surface area contributed by atoms with Gasteiger partial charge in [0, 0.05) is 23.6 Å². The minimum Gasteiger partial charge on any atom is -0.465 e. The van der Waals surface area contributed by atoms with Crippen molar-refractivity contribution < 1.29 is 19.1 Å². The molecular formula is C19H34BrNO4. The van der Waals surface area contributed by atoms with Crippen molar-refractivity contribution in [2.24, 2.45) is 0 Å². The summed E-state index contributed by atoms with van der Waals surface area (Å²) in [5, 5.41) is 3.79. The van der Waals surface area contributed by atoms with Gasteiger partial charge in [-0.05, 0) is 12.8 Å². The molecule has 6 heteroatoms. The second kappa shape index (κ2) is 17.8. The number of halogens is 1. The van der Waals surface area contributed by atoms with Gasteiger partial charge in [0.05, 0.1) is 19.6 Å². The first-order chi connectivity index (χ1) is 12.1. The van der Waals surface area contributed by atoms with Gasteiger partial charge in [-0.1, -0.05) is 68.3 Å². The van der Waals surface area contributed by atoms with Crippen molar-refractivity contribution in [1.29, 1.82) is 0 Å². The molecule has 0 aliphatic carbocycles. The Kier molecular flexibility index (Phi) is 17.0. The molecule has 0 unspecified atom stereocenters. The molecule has 0 fully saturated rings. The molecule has 146 valence electrons. The fourth-order valence-corrected chi connectivity index (χ4v) is 2.38. The van der Waals surface area contributed by atoms with E-state index < -0.39 is 5.97 Å². The van der Waals surface area contributed by atoms with Crippen LogP contribution in [0.1, 0.15) is 71.6 Å². The fraction of sp³-hybridized carbons (Fsp3) is 0.789. The zero-order valence-electron chi connectivity index (χ0n) is 15.8. The quantitative estimate of drug-likeness (QED) is 0.173. The van der Waals surface area contributed by atoms with E-state index in [9.17, 15) is 9.59 Å². The van der Waals surface area contributed by atoms with E-state index in [1.807, 2.05) is 0 Å². The first-order valence-electron chi connectivity index (χ1n) is 9.46. The van der Waals surface area contributed by atoms with Crippen LogP contribution in [0.2, 0.25) is 0 Å². The maximum atomic E-state index is 11.9. The number of unbranched alkanes of at least 4 members (excludes halogenated alkanes) is 6. The van der Waals surface area contributed by atoms with Crippen LogP contribution in [0, 0.1) is 0 Å². The van der Waals surface area contributed by atoms with Crippen molar-refractivity contribution in [3.05, 3.63) is 11.8 Å². The standard InChI is InChI=1S/C19H34BrNO4/c1-3-5-7-9-13-24-18(22)15-17(21-12-11-20)16-19(23)25-14-10-8-6-4-2/h15,21H,3-14,16H2,1-2H3/b17-15-. The minimum absolute atomic E-state index is 0.0612. The Morgan fingerprint density at radius 1 is 0.920 bits per heavy atom. The highest BCUT2D eigenvalue weighted by Gasteiger charge is 2.10. The molecule has 0 aromatic rings. The van der Waals surface area contributed by atoms with Crippen molar-refractivity contribution in [1.82, 2.24) is 5.32 Å². The van der Waals surface area contributed by atoms with Crippen molar-refractivity contribution in [3.8, 4) is 0 Å². The Morgan fingerprint density at radius 2 is 1.52 bits per heavy atom. The van der Waals surface area contributed by atoms with E-state index >= 15 is 0 Å². The number of esters is 2. The molecule has 0 atom stereocenters. The monoisotopic (exact) mass is 419 g/mol. The molecule has 0 aromatic heterocycles. The summed E-state index contributed by atoms with van der Waals surface area (Å²) in [6.45, 7) is 5.76. The predicted octanol–water partition coefficient (Wildman–Crippen LogP) is 4.49. The molecule has 0 bridgehead atoms. The molecule has 0 radical (unpaired) electrons. The average molecular weight is 420 g/mol. The highest BCUT2D eigenvalue weighted by atomic mass is 79.9. The van der Waals surface area contributed by atoms with Gasteiger partial charge in [0.2, 0.25) is 0 Å². The number of ether oxygens (including phenoxy) is 2. The number of hydrogen-bond donors (Lipinski definition) is 1. The van der Waals surface area contributed by atoms with Crippen LogP contribution in [0.15, 0.2) is 11.8 Å². The molecule has 0 aliphatic heterocycles. The van der Waals surface area contributed by atoms with Gasteiger partial charge in [0.25, 0.3) is 0 Å². The van der Waals surface area contributed by atoms with Gasteiger partial charge in [-0.2, -0.15) is 0 Å². The van der Waals surface area contributed by atoms with Gasteiger partial charge in [-0.25, -0.2) is 4.79 Å². The van der Waals surface area contributed by atoms with Gasteiger partial charge in [-0.3, -0.25) is 4.79 Å². The topological polar surface area (TPSA) is 64.6 Å². The molecule has 25 heavy (non-hydrogen) atoms. The number of hydrogen-bond acceptors (Lipinski definition) is 5. The normalized spacial score (nSPS) is 11.2. The van der Waals surface area contributed by atoms with E-state index in [2.05, 4.69) is 35.1 Å². The van der Waals surface area contributed by atoms with E-state index in [4.69, 9.17) is 9.47 Å². The molecule has 1 N–H and O–H groups in total. The summed E-state index contributed by atoms with van der Waals surface area (Å²) < 4.78 is 10.4. The first kappa shape index (κ1) is 24.0. The van der Waals surface area contributed by atoms with Crippen molar-refractivity contribution >= 4 is 27.9 Å². The second-order valence-corrected chi connectivity index (χ2v) is 6.76. The van der Waals surface area contributed by atoms with Crippen molar-refractivity contribution in [2.45, 2.75) is 71.6 Å². The molecule has 0 saturated carbocycles. The van der Waals surface area contributed by atoms with Gasteiger partial charge in [0.15, 0.2) is 0 Å². The van der Waals surface area contributed by atoms with Gasteiger partial charge in [-0.15, -0.1) is 0 Å². The Labute approximate surface area is 161 Å². The fourth-order valence-electron chi connectivity index (χ4n) is 2.18. The third-order valence-corrected chi connectivity index (χ3v) is 3.97. The highest BCUT2D eigenvalue weighted by Crippen LogP contribution is 2.05. The minimum atomic E-state index is -0.413. The maximum Gasteiger partial charge on any atom is 0.332 e. The van der Waals surface area contributed by atoms with Gasteiger partial charge in [0.1, 0.15) is 0 Å². The summed E-state index contributed by atoms with van der Waals surface area (Å²) in [5.41, 5.74) is 0.538. The number of rotatable bonds is 16. The lowest BCUT2D eigenvalue weighted by Crippen LogP contribution is -2.21. The van der Waals surface area contributed by atoms with Crippen LogP contribution in [0.4, 0.5) is 0 Å². The Balaban J connectivity index is 4.22. The lowest BCUT2D eigenvalue weighted by atomic mass is 10.2. The molecule has 0 saturated heterocycles. The smallest absolute Gasteiger partial charge is 0.332 e. The molecular weight excluding hydrogens is 386 g/mol. The van der Waals surface area contributed by atoms with E-state index in [-0.39, 0.29) is 12.4 Å². The first-order valence-corrected chi connectivity index (χ1v) is 10.6. The molecule has 0 heterocycles. The number of carbonyl (C=O) groups excluding carboxylic acids is 2. The maximum absolute atomic E-state index is 11.9. The molecule has 0 rings (SSSR count).